The van der Waals surface area contributed by atoms with Crippen molar-refractivity contribution in [1.82, 2.24) is 9.80 Å². The average Bonchev–Trinajstić information content (AvgIpc) is 2.28. The van der Waals surface area contributed by atoms with Gasteiger partial charge in [-0.25, -0.2) is 0 Å². The van der Waals surface area contributed by atoms with Gasteiger partial charge in [0.15, 0.2) is 0 Å². The Kier molecular flexibility index (Phi) is 3.99. The van der Waals surface area contributed by atoms with Gasteiger partial charge in [0.25, 0.3) is 0 Å². The molecular weight excluding hydrogens is 290 g/mol. The number of rotatable bonds is 2. The summed E-state index contributed by atoms with van der Waals surface area (Å²) in [6.07, 6.45) is 0. The Hall–Kier alpha value is -0.580. The molecule has 0 atom stereocenters. The van der Waals surface area contributed by atoms with Crippen LogP contribution in [0, 0.1) is 0 Å². The molecule has 3 nitrogen and oxygen atoms in total. The fourth-order valence-corrected chi connectivity index (χ4v) is 2.83. The average molecular weight is 312 g/mol. The number of nitrogens with zero attached hydrogens (tertiary/aromatic N) is 2. The van der Waals surface area contributed by atoms with Crippen LogP contribution in [0.2, 0.25) is 0 Å². The minimum absolute atomic E-state index is 0.253. The summed E-state index contributed by atoms with van der Waals surface area (Å²) in [5, 5.41) is 0. The standard InChI is InChI=1S/C14H22BrN3/c1-14(2)10-18(7-6-17(14)3)9-11-4-5-13(16)12(15)8-11/h4-5,8H,6-7,9-10,16H2,1-3H3. The first kappa shape index (κ1) is 13.8. The second-order valence-corrected chi connectivity index (χ2v) is 6.65. The van der Waals surface area contributed by atoms with Crippen molar-refractivity contribution in [3.8, 4) is 0 Å². The van der Waals surface area contributed by atoms with Crippen molar-refractivity contribution in [2.75, 3.05) is 32.4 Å². The highest BCUT2D eigenvalue weighted by Crippen LogP contribution is 2.24. The van der Waals surface area contributed by atoms with Gasteiger partial charge in [-0.15, -0.1) is 0 Å². The van der Waals surface area contributed by atoms with Crippen molar-refractivity contribution in [2.24, 2.45) is 0 Å². The SMILES string of the molecule is CN1CCN(Cc2ccc(N)c(Br)c2)CC1(C)C. The fourth-order valence-electron chi connectivity index (χ4n) is 2.40. The molecule has 1 heterocycles. The van der Waals surface area contributed by atoms with E-state index in [2.05, 4.69) is 58.8 Å². The molecule has 0 amide bonds. The molecule has 0 spiro atoms. The smallest absolute Gasteiger partial charge is 0.0458 e. The highest BCUT2D eigenvalue weighted by atomic mass is 79.9. The summed E-state index contributed by atoms with van der Waals surface area (Å²) in [7, 11) is 2.21. The summed E-state index contributed by atoms with van der Waals surface area (Å²) < 4.78 is 0.994. The van der Waals surface area contributed by atoms with Crippen molar-refractivity contribution in [1.29, 1.82) is 0 Å². The number of nitrogen functional groups attached to an aromatic ring is 1. The van der Waals surface area contributed by atoms with Crippen LogP contribution in [0.4, 0.5) is 5.69 Å². The van der Waals surface area contributed by atoms with Gasteiger partial charge >= 0.3 is 0 Å². The Morgan fingerprint density at radius 1 is 1.33 bits per heavy atom. The Labute approximate surface area is 118 Å². The van der Waals surface area contributed by atoms with E-state index in [-0.39, 0.29) is 5.54 Å². The number of halogens is 1. The van der Waals surface area contributed by atoms with E-state index in [1.165, 1.54) is 5.56 Å². The number of benzene rings is 1. The van der Waals surface area contributed by atoms with Crippen molar-refractivity contribution < 1.29 is 0 Å². The van der Waals surface area contributed by atoms with Crippen LogP contribution in [0.1, 0.15) is 19.4 Å². The molecule has 2 rings (SSSR count). The van der Waals surface area contributed by atoms with Crippen molar-refractivity contribution in [3.05, 3.63) is 28.2 Å². The minimum Gasteiger partial charge on any atom is -0.398 e. The van der Waals surface area contributed by atoms with Crippen LogP contribution in [0.3, 0.4) is 0 Å². The summed E-state index contributed by atoms with van der Waals surface area (Å²) >= 11 is 3.49. The molecule has 0 unspecified atom stereocenters. The van der Waals surface area contributed by atoms with Crippen molar-refractivity contribution >= 4 is 21.6 Å². The summed E-state index contributed by atoms with van der Waals surface area (Å²) in [6, 6.07) is 6.21. The lowest BCUT2D eigenvalue weighted by molar-refractivity contribution is 0.0360. The van der Waals surface area contributed by atoms with Gasteiger partial charge in [0.05, 0.1) is 0 Å². The van der Waals surface area contributed by atoms with Crippen LogP contribution in [-0.2, 0) is 6.54 Å². The van der Waals surface area contributed by atoms with E-state index >= 15 is 0 Å². The third-order valence-corrected chi connectivity index (χ3v) is 4.55. The Morgan fingerprint density at radius 3 is 2.67 bits per heavy atom. The number of piperazine rings is 1. The number of hydrogen-bond donors (Lipinski definition) is 1. The predicted octanol–water partition coefficient (Wildman–Crippen LogP) is 2.56. The number of likely N-dealkylation sites (N-methyl/N-ethyl adjacent to an activating group) is 1. The lowest BCUT2D eigenvalue weighted by Crippen LogP contribution is -2.57. The maximum absolute atomic E-state index is 5.82. The molecule has 1 aliphatic rings. The summed E-state index contributed by atoms with van der Waals surface area (Å²) in [5.74, 6) is 0. The second kappa shape index (κ2) is 5.19. The van der Waals surface area contributed by atoms with Gasteiger partial charge in [-0.1, -0.05) is 6.07 Å². The summed E-state index contributed by atoms with van der Waals surface area (Å²) in [4.78, 5) is 4.94. The van der Waals surface area contributed by atoms with Gasteiger partial charge in [-0.3, -0.25) is 9.80 Å². The molecular formula is C14H22BrN3. The van der Waals surface area contributed by atoms with Crippen molar-refractivity contribution in [3.63, 3.8) is 0 Å². The molecule has 2 N–H and O–H groups in total. The van der Waals surface area contributed by atoms with E-state index in [9.17, 15) is 0 Å². The largest absolute Gasteiger partial charge is 0.398 e. The molecule has 0 aliphatic carbocycles. The normalized spacial score (nSPS) is 21.1. The van der Waals surface area contributed by atoms with Gasteiger partial charge in [-0.05, 0) is 54.5 Å². The number of hydrogen-bond acceptors (Lipinski definition) is 3. The van der Waals surface area contributed by atoms with Crippen LogP contribution in [0.5, 0.6) is 0 Å². The van der Waals surface area contributed by atoms with E-state index < -0.39 is 0 Å². The maximum Gasteiger partial charge on any atom is 0.0458 e. The van der Waals surface area contributed by atoms with E-state index in [1.807, 2.05) is 6.07 Å². The molecule has 18 heavy (non-hydrogen) atoms. The maximum atomic E-state index is 5.82. The third kappa shape index (κ3) is 3.05. The molecule has 100 valence electrons. The fraction of sp³-hybridized carbons (Fsp3) is 0.571. The first-order chi connectivity index (χ1) is 8.38. The van der Waals surface area contributed by atoms with E-state index in [0.717, 1.165) is 36.3 Å². The van der Waals surface area contributed by atoms with Gasteiger partial charge in [0.1, 0.15) is 0 Å². The molecule has 1 saturated heterocycles. The number of anilines is 1. The van der Waals surface area contributed by atoms with Crippen LogP contribution in [0.15, 0.2) is 22.7 Å². The predicted molar refractivity (Wildman–Crippen MR) is 80.5 cm³/mol. The second-order valence-electron chi connectivity index (χ2n) is 5.80. The monoisotopic (exact) mass is 311 g/mol. The first-order valence-electron chi connectivity index (χ1n) is 6.36. The molecule has 0 bridgehead atoms. The zero-order chi connectivity index (χ0) is 13.3. The lowest BCUT2D eigenvalue weighted by Gasteiger charge is -2.45. The molecule has 1 aromatic carbocycles. The summed E-state index contributed by atoms with van der Waals surface area (Å²) in [6.45, 7) is 8.96. The van der Waals surface area contributed by atoms with Gasteiger partial charge in [0, 0.05) is 41.9 Å². The quantitative estimate of drug-likeness (QED) is 0.852. The van der Waals surface area contributed by atoms with Crippen molar-refractivity contribution in [2.45, 2.75) is 25.9 Å². The minimum atomic E-state index is 0.253. The third-order valence-electron chi connectivity index (χ3n) is 3.87. The molecule has 1 aromatic rings. The van der Waals surface area contributed by atoms with Gasteiger partial charge in [0.2, 0.25) is 0 Å². The van der Waals surface area contributed by atoms with Crippen LogP contribution >= 0.6 is 15.9 Å². The topological polar surface area (TPSA) is 32.5 Å². The zero-order valence-corrected chi connectivity index (χ0v) is 13.0. The molecule has 4 heteroatoms. The Bertz CT molecular complexity index is 431. The Morgan fingerprint density at radius 2 is 2.06 bits per heavy atom. The molecule has 0 saturated carbocycles. The van der Waals surface area contributed by atoms with Crippen LogP contribution < -0.4 is 5.73 Å². The van der Waals surface area contributed by atoms with Crippen LogP contribution in [-0.4, -0.2) is 42.0 Å². The first-order valence-corrected chi connectivity index (χ1v) is 7.15. The highest BCUT2D eigenvalue weighted by Gasteiger charge is 2.30. The molecule has 1 fully saturated rings. The van der Waals surface area contributed by atoms with E-state index in [0.29, 0.717) is 0 Å². The molecule has 1 aliphatic heterocycles. The zero-order valence-electron chi connectivity index (χ0n) is 11.4. The highest BCUT2D eigenvalue weighted by molar-refractivity contribution is 9.10. The summed E-state index contributed by atoms with van der Waals surface area (Å²) in [5.41, 5.74) is 8.19. The lowest BCUT2D eigenvalue weighted by atomic mass is 9.99. The van der Waals surface area contributed by atoms with E-state index in [1.54, 1.807) is 0 Å². The van der Waals surface area contributed by atoms with Gasteiger partial charge < -0.3 is 5.73 Å². The van der Waals surface area contributed by atoms with Gasteiger partial charge in [-0.2, -0.15) is 0 Å². The molecule has 0 aromatic heterocycles. The van der Waals surface area contributed by atoms with E-state index in [4.69, 9.17) is 5.73 Å². The molecule has 0 radical (unpaired) electrons. The number of nitrogens with two attached hydrogens (primary N) is 1. The Balaban J connectivity index is 2.04. The van der Waals surface area contributed by atoms with Crippen LogP contribution in [0.25, 0.3) is 0 Å².